The van der Waals surface area contributed by atoms with Crippen LogP contribution in [0.3, 0.4) is 0 Å². The molecule has 0 atom stereocenters. The standard InChI is InChI=1S/C15H13NO4S/c1-9(17)13-4-5-14(21-13)15(18)16-7-10-2-3-11-12(6-10)20-8-19-11/h2-6H,7-8H2,1H3,(H,16,18). The van der Waals surface area contributed by atoms with Gasteiger partial charge in [-0.15, -0.1) is 11.3 Å². The van der Waals surface area contributed by atoms with Crippen LogP contribution in [0.2, 0.25) is 0 Å². The van der Waals surface area contributed by atoms with E-state index >= 15 is 0 Å². The summed E-state index contributed by atoms with van der Waals surface area (Å²) in [6.45, 7) is 2.11. The predicted octanol–water partition coefficient (Wildman–Crippen LogP) is 2.61. The Labute approximate surface area is 125 Å². The van der Waals surface area contributed by atoms with E-state index in [-0.39, 0.29) is 18.5 Å². The molecule has 3 rings (SSSR count). The molecule has 1 aliphatic rings. The van der Waals surface area contributed by atoms with Crippen molar-refractivity contribution < 1.29 is 19.1 Å². The molecule has 0 radical (unpaired) electrons. The van der Waals surface area contributed by atoms with Crippen molar-refractivity contribution in [2.24, 2.45) is 0 Å². The number of nitrogens with one attached hydrogen (secondary N) is 1. The molecule has 2 aromatic rings. The van der Waals surface area contributed by atoms with Gasteiger partial charge in [0.2, 0.25) is 6.79 Å². The zero-order valence-electron chi connectivity index (χ0n) is 11.3. The minimum absolute atomic E-state index is 0.0326. The Morgan fingerprint density at radius 2 is 1.90 bits per heavy atom. The van der Waals surface area contributed by atoms with Gasteiger partial charge in [-0.2, -0.15) is 0 Å². The molecule has 0 saturated carbocycles. The monoisotopic (exact) mass is 303 g/mol. The third-order valence-corrected chi connectivity index (χ3v) is 4.25. The highest BCUT2D eigenvalue weighted by Gasteiger charge is 2.14. The average molecular weight is 303 g/mol. The molecule has 108 valence electrons. The van der Waals surface area contributed by atoms with E-state index in [1.54, 1.807) is 12.1 Å². The van der Waals surface area contributed by atoms with E-state index in [1.165, 1.54) is 18.3 Å². The number of carbonyl (C=O) groups excluding carboxylic acids is 2. The fourth-order valence-corrected chi connectivity index (χ4v) is 2.79. The number of amides is 1. The Kier molecular flexibility index (Phi) is 3.62. The van der Waals surface area contributed by atoms with Crippen LogP contribution in [0.5, 0.6) is 11.5 Å². The third kappa shape index (κ3) is 2.90. The number of thiophene rings is 1. The first kappa shape index (κ1) is 13.6. The molecule has 1 aromatic carbocycles. The van der Waals surface area contributed by atoms with Gasteiger partial charge in [-0.25, -0.2) is 0 Å². The minimum atomic E-state index is -0.190. The van der Waals surface area contributed by atoms with E-state index in [0.717, 1.165) is 11.3 Å². The van der Waals surface area contributed by atoms with E-state index in [2.05, 4.69) is 5.32 Å². The van der Waals surface area contributed by atoms with Crippen molar-refractivity contribution in [1.82, 2.24) is 5.32 Å². The van der Waals surface area contributed by atoms with Gasteiger partial charge in [0.05, 0.1) is 9.75 Å². The summed E-state index contributed by atoms with van der Waals surface area (Å²) in [5, 5.41) is 2.82. The fraction of sp³-hybridized carbons (Fsp3) is 0.200. The highest BCUT2D eigenvalue weighted by atomic mass is 32.1. The summed E-state index contributed by atoms with van der Waals surface area (Å²) >= 11 is 1.20. The first-order chi connectivity index (χ1) is 10.1. The predicted molar refractivity (Wildman–Crippen MR) is 78.1 cm³/mol. The van der Waals surface area contributed by atoms with Crippen LogP contribution in [-0.2, 0) is 6.54 Å². The fourth-order valence-electron chi connectivity index (χ4n) is 1.97. The topological polar surface area (TPSA) is 64.6 Å². The third-order valence-electron chi connectivity index (χ3n) is 3.07. The molecule has 1 amide bonds. The molecule has 21 heavy (non-hydrogen) atoms. The lowest BCUT2D eigenvalue weighted by Crippen LogP contribution is -2.21. The van der Waals surface area contributed by atoms with Crippen molar-refractivity contribution in [3.63, 3.8) is 0 Å². The second-order valence-corrected chi connectivity index (χ2v) is 5.67. The van der Waals surface area contributed by atoms with E-state index in [9.17, 15) is 9.59 Å². The lowest BCUT2D eigenvalue weighted by Gasteiger charge is -2.05. The Morgan fingerprint density at radius 1 is 1.14 bits per heavy atom. The van der Waals surface area contributed by atoms with Crippen LogP contribution in [0.15, 0.2) is 30.3 Å². The highest BCUT2D eigenvalue weighted by molar-refractivity contribution is 7.15. The number of rotatable bonds is 4. The number of Topliss-reactive ketones (excluding diaryl/α,β-unsaturated/α-hetero) is 1. The van der Waals surface area contributed by atoms with Crippen LogP contribution in [0.4, 0.5) is 0 Å². The minimum Gasteiger partial charge on any atom is -0.454 e. The molecule has 0 fully saturated rings. The van der Waals surface area contributed by atoms with Crippen molar-refractivity contribution in [3.8, 4) is 11.5 Å². The largest absolute Gasteiger partial charge is 0.454 e. The quantitative estimate of drug-likeness (QED) is 0.882. The summed E-state index contributed by atoms with van der Waals surface area (Å²) < 4.78 is 10.5. The van der Waals surface area contributed by atoms with Crippen molar-refractivity contribution in [3.05, 3.63) is 45.6 Å². The van der Waals surface area contributed by atoms with Crippen molar-refractivity contribution in [2.75, 3.05) is 6.79 Å². The van der Waals surface area contributed by atoms with Gasteiger partial charge in [-0.3, -0.25) is 9.59 Å². The number of fused-ring (bicyclic) bond motifs is 1. The summed E-state index contributed by atoms with van der Waals surface area (Å²) in [5.41, 5.74) is 0.927. The average Bonchev–Trinajstić information content (AvgIpc) is 3.12. The van der Waals surface area contributed by atoms with Gasteiger partial charge in [0.25, 0.3) is 5.91 Å². The van der Waals surface area contributed by atoms with Crippen LogP contribution in [-0.4, -0.2) is 18.5 Å². The second kappa shape index (κ2) is 5.57. The summed E-state index contributed by atoms with van der Waals surface area (Å²) in [6, 6.07) is 8.88. The lowest BCUT2D eigenvalue weighted by atomic mass is 10.2. The number of hydrogen-bond acceptors (Lipinski definition) is 5. The molecule has 5 nitrogen and oxygen atoms in total. The number of carbonyl (C=O) groups is 2. The molecule has 1 aliphatic heterocycles. The Hall–Kier alpha value is -2.34. The molecule has 0 spiro atoms. The van der Waals surface area contributed by atoms with Crippen molar-refractivity contribution in [2.45, 2.75) is 13.5 Å². The first-order valence-corrected chi connectivity index (χ1v) is 7.22. The number of ether oxygens (including phenoxy) is 2. The summed E-state index contributed by atoms with van der Waals surface area (Å²) in [5.74, 6) is 1.19. The molecule has 0 aliphatic carbocycles. The van der Waals surface area contributed by atoms with Gasteiger partial charge in [0.15, 0.2) is 17.3 Å². The van der Waals surface area contributed by atoms with E-state index in [0.29, 0.717) is 22.0 Å². The van der Waals surface area contributed by atoms with E-state index in [4.69, 9.17) is 9.47 Å². The Morgan fingerprint density at radius 3 is 2.67 bits per heavy atom. The van der Waals surface area contributed by atoms with Gasteiger partial charge in [0.1, 0.15) is 0 Å². The van der Waals surface area contributed by atoms with Gasteiger partial charge in [-0.05, 0) is 36.8 Å². The summed E-state index contributed by atoms with van der Waals surface area (Å²) in [4.78, 5) is 24.4. The number of benzene rings is 1. The molecular formula is C15H13NO4S. The zero-order chi connectivity index (χ0) is 14.8. The summed E-state index contributed by atoms with van der Waals surface area (Å²) in [7, 11) is 0. The lowest BCUT2D eigenvalue weighted by molar-refractivity contribution is 0.0954. The molecule has 0 unspecified atom stereocenters. The van der Waals surface area contributed by atoms with E-state index in [1.807, 2.05) is 18.2 Å². The summed E-state index contributed by atoms with van der Waals surface area (Å²) in [6.07, 6.45) is 0. The molecular weight excluding hydrogens is 290 g/mol. The van der Waals surface area contributed by atoms with Gasteiger partial charge in [0, 0.05) is 6.54 Å². The van der Waals surface area contributed by atoms with Crippen molar-refractivity contribution in [1.29, 1.82) is 0 Å². The normalized spacial score (nSPS) is 12.2. The second-order valence-electron chi connectivity index (χ2n) is 4.59. The Bertz CT molecular complexity index is 707. The highest BCUT2D eigenvalue weighted by Crippen LogP contribution is 2.32. The molecule has 2 heterocycles. The van der Waals surface area contributed by atoms with Crippen LogP contribution >= 0.6 is 11.3 Å². The maximum Gasteiger partial charge on any atom is 0.261 e. The van der Waals surface area contributed by atoms with Gasteiger partial charge < -0.3 is 14.8 Å². The van der Waals surface area contributed by atoms with E-state index < -0.39 is 0 Å². The zero-order valence-corrected chi connectivity index (χ0v) is 12.2. The molecule has 1 N–H and O–H groups in total. The maximum atomic E-state index is 12.0. The van der Waals surface area contributed by atoms with Crippen LogP contribution < -0.4 is 14.8 Å². The first-order valence-electron chi connectivity index (χ1n) is 6.41. The van der Waals surface area contributed by atoms with Crippen molar-refractivity contribution >= 4 is 23.0 Å². The smallest absolute Gasteiger partial charge is 0.261 e. The molecule has 0 saturated heterocycles. The maximum absolute atomic E-state index is 12.0. The number of ketones is 1. The van der Waals surface area contributed by atoms with Crippen LogP contribution in [0, 0.1) is 0 Å². The molecule has 0 bridgehead atoms. The SMILES string of the molecule is CC(=O)c1ccc(C(=O)NCc2ccc3c(c2)OCO3)s1. The van der Waals surface area contributed by atoms with Gasteiger partial charge >= 0.3 is 0 Å². The number of hydrogen-bond donors (Lipinski definition) is 1. The molecule has 6 heteroatoms. The van der Waals surface area contributed by atoms with Gasteiger partial charge in [-0.1, -0.05) is 6.07 Å². The van der Waals surface area contributed by atoms with Crippen LogP contribution in [0.1, 0.15) is 31.8 Å². The van der Waals surface area contributed by atoms with Crippen LogP contribution in [0.25, 0.3) is 0 Å². The molecule has 1 aromatic heterocycles. The Balaban J connectivity index is 1.64.